The van der Waals surface area contributed by atoms with Crippen molar-refractivity contribution in [3.05, 3.63) is 64.6 Å². The van der Waals surface area contributed by atoms with Crippen LogP contribution < -0.4 is 16.0 Å². The molecule has 1 unspecified atom stereocenters. The molecule has 1 fully saturated rings. The number of para-hydroxylation sites is 2. The Morgan fingerprint density at radius 1 is 1.17 bits per heavy atom. The maximum atomic E-state index is 13.4. The van der Waals surface area contributed by atoms with Crippen LogP contribution in [0.3, 0.4) is 0 Å². The summed E-state index contributed by atoms with van der Waals surface area (Å²) in [4.78, 5) is 26.1. The molecule has 1 aromatic heterocycles. The van der Waals surface area contributed by atoms with Crippen LogP contribution in [-0.2, 0) is 11.3 Å². The standard InChI is InChI=1S/C21H21F2N3O3/c22-16-6-5-15(11-17(16)23)25-9-7-14(13-25)12-24-20(27)8-10-26-18-3-1-2-4-19(18)29-21(26)28/h1-6,11,14H,7-10,12-13H2,(H,24,27). The predicted octanol–water partition coefficient (Wildman–Crippen LogP) is 2.91. The Bertz CT molecular complexity index is 1090. The summed E-state index contributed by atoms with van der Waals surface area (Å²) in [5.41, 5.74) is 1.81. The van der Waals surface area contributed by atoms with Crippen molar-refractivity contribution < 1.29 is 18.0 Å². The third-order valence-electron chi connectivity index (χ3n) is 5.28. The van der Waals surface area contributed by atoms with Crippen molar-refractivity contribution in [3.8, 4) is 0 Å². The second kappa shape index (κ2) is 8.06. The normalized spacial score (nSPS) is 16.5. The van der Waals surface area contributed by atoms with Gasteiger partial charge in [-0.25, -0.2) is 13.6 Å². The van der Waals surface area contributed by atoms with E-state index in [9.17, 15) is 18.4 Å². The summed E-state index contributed by atoms with van der Waals surface area (Å²) in [5.74, 6) is -2.11. The fraction of sp³-hybridized carbons (Fsp3) is 0.333. The molecule has 0 aliphatic carbocycles. The zero-order valence-corrected chi connectivity index (χ0v) is 15.7. The van der Waals surface area contributed by atoms with Gasteiger partial charge in [-0.3, -0.25) is 9.36 Å². The second-order valence-electron chi connectivity index (χ2n) is 7.24. The van der Waals surface area contributed by atoms with Gasteiger partial charge in [0.25, 0.3) is 0 Å². The molecule has 0 radical (unpaired) electrons. The molecule has 2 heterocycles. The van der Waals surface area contributed by atoms with Gasteiger partial charge in [0.15, 0.2) is 17.2 Å². The van der Waals surface area contributed by atoms with E-state index in [4.69, 9.17) is 4.42 Å². The zero-order valence-electron chi connectivity index (χ0n) is 15.7. The number of anilines is 1. The number of benzene rings is 2. The highest BCUT2D eigenvalue weighted by molar-refractivity contribution is 5.76. The van der Waals surface area contributed by atoms with E-state index in [0.717, 1.165) is 19.0 Å². The molecule has 1 N–H and O–H groups in total. The van der Waals surface area contributed by atoms with Crippen LogP contribution in [0.1, 0.15) is 12.8 Å². The van der Waals surface area contributed by atoms with Gasteiger partial charge in [0.2, 0.25) is 5.91 Å². The fourth-order valence-corrected chi connectivity index (χ4v) is 3.70. The Morgan fingerprint density at radius 2 is 2.00 bits per heavy atom. The quantitative estimate of drug-likeness (QED) is 0.690. The molecule has 2 aromatic carbocycles. The highest BCUT2D eigenvalue weighted by Crippen LogP contribution is 2.25. The van der Waals surface area contributed by atoms with Crippen molar-refractivity contribution in [2.75, 3.05) is 24.5 Å². The van der Waals surface area contributed by atoms with Crippen LogP contribution in [0.15, 0.2) is 51.7 Å². The molecule has 3 aromatic rings. The Balaban J connectivity index is 1.27. The summed E-state index contributed by atoms with van der Waals surface area (Å²) in [7, 11) is 0. The number of aryl methyl sites for hydroxylation is 1. The molecule has 152 valence electrons. The number of rotatable bonds is 6. The number of nitrogens with zero attached hydrogens (tertiary/aromatic N) is 2. The minimum atomic E-state index is -0.860. The van der Waals surface area contributed by atoms with Crippen molar-refractivity contribution in [1.82, 2.24) is 9.88 Å². The lowest BCUT2D eigenvalue weighted by Gasteiger charge is -2.19. The third kappa shape index (κ3) is 4.16. The molecule has 1 aliphatic rings. The lowest BCUT2D eigenvalue weighted by Crippen LogP contribution is -2.32. The SMILES string of the molecule is O=C(CCn1c(=O)oc2ccccc21)NCC1CCN(c2ccc(F)c(F)c2)C1. The van der Waals surface area contributed by atoms with E-state index in [0.29, 0.717) is 29.9 Å². The molecular formula is C21H21F2N3O3. The van der Waals surface area contributed by atoms with Crippen molar-refractivity contribution in [2.45, 2.75) is 19.4 Å². The number of amides is 1. The molecular weight excluding hydrogens is 380 g/mol. The van der Waals surface area contributed by atoms with Gasteiger partial charge in [0, 0.05) is 44.4 Å². The number of oxazole rings is 1. The maximum absolute atomic E-state index is 13.4. The number of hydrogen-bond donors (Lipinski definition) is 1. The van der Waals surface area contributed by atoms with Gasteiger partial charge in [-0.1, -0.05) is 12.1 Å². The van der Waals surface area contributed by atoms with Crippen molar-refractivity contribution >= 4 is 22.7 Å². The van der Waals surface area contributed by atoms with Crippen LogP contribution in [0.4, 0.5) is 14.5 Å². The number of nitrogens with one attached hydrogen (secondary N) is 1. The van der Waals surface area contributed by atoms with Crippen molar-refractivity contribution in [3.63, 3.8) is 0 Å². The maximum Gasteiger partial charge on any atom is 0.419 e. The zero-order chi connectivity index (χ0) is 20.4. The highest BCUT2D eigenvalue weighted by atomic mass is 19.2. The first-order chi connectivity index (χ1) is 14.0. The summed E-state index contributed by atoms with van der Waals surface area (Å²) >= 11 is 0. The van der Waals surface area contributed by atoms with Crippen LogP contribution in [0.25, 0.3) is 11.1 Å². The van der Waals surface area contributed by atoms with E-state index in [-0.39, 0.29) is 24.8 Å². The van der Waals surface area contributed by atoms with Gasteiger partial charge >= 0.3 is 5.76 Å². The van der Waals surface area contributed by atoms with Crippen molar-refractivity contribution in [1.29, 1.82) is 0 Å². The number of fused-ring (bicyclic) bond motifs is 1. The largest absolute Gasteiger partial charge is 0.419 e. The van der Waals surface area contributed by atoms with Gasteiger partial charge in [0.05, 0.1) is 5.52 Å². The summed E-state index contributed by atoms with van der Waals surface area (Å²) in [6.45, 7) is 2.13. The number of hydrogen-bond acceptors (Lipinski definition) is 4. The fourth-order valence-electron chi connectivity index (χ4n) is 3.70. The Morgan fingerprint density at radius 3 is 2.83 bits per heavy atom. The second-order valence-corrected chi connectivity index (χ2v) is 7.24. The lowest BCUT2D eigenvalue weighted by molar-refractivity contribution is -0.121. The topological polar surface area (TPSA) is 67.5 Å². The van der Waals surface area contributed by atoms with Crippen LogP contribution >= 0.6 is 0 Å². The third-order valence-corrected chi connectivity index (χ3v) is 5.28. The number of halogens is 2. The lowest BCUT2D eigenvalue weighted by atomic mass is 10.1. The molecule has 1 saturated heterocycles. The molecule has 4 rings (SSSR count). The van der Waals surface area contributed by atoms with Gasteiger partial charge in [0.1, 0.15) is 0 Å². The molecule has 0 bridgehead atoms. The van der Waals surface area contributed by atoms with E-state index in [2.05, 4.69) is 5.32 Å². The highest BCUT2D eigenvalue weighted by Gasteiger charge is 2.24. The molecule has 1 atom stereocenters. The van der Waals surface area contributed by atoms with Crippen LogP contribution in [0.5, 0.6) is 0 Å². The van der Waals surface area contributed by atoms with E-state index < -0.39 is 17.4 Å². The minimum absolute atomic E-state index is 0.145. The first-order valence-corrected chi connectivity index (χ1v) is 9.56. The molecule has 0 saturated carbocycles. The molecule has 6 nitrogen and oxygen atoms in total. The molecule has 0 spiro atoms. The van der Waals surface area contributed by atoms with Crippen molar-refractivity contribution in [2.24, 2.45) is 5.92 Å². The van der Waals surface area contributed by atoms with E-state index in [1.807, 2.05) is 11.0 Å². The monoisotopic (exact) mass is 401 g/mol. The number of aromatic nitrogens is 1. The van der Waals surface area contributed by atoms with Gasteiger partial charge in [-0.05, 0) is 36.6 Å². The smallest absolute Gasteiger partial charge is 0.408 e. The Labute approximate surface area is 165 Å². The molecule has 8 heteroatoms. The van der Waals surface area contributed by atoms with E-state index in [1.54, 1.807) is 24.3 Å². The molecule has 1 amide bonds. The van der Waals surface area contributed by atoms with E-state index in [1.165, 1.54) is 10.6 Å². The summed E-state index contributed by atoms with van der Waals surface area (Å²) in [6, 6.07) is 11.0. The average Bonchev–Trinajstić information content (AvgIpc) is 3.31. The molecule has 1 aliphatic heterocycles. The van der Waals surface area contributed by atoms with Crippen LogP contribution in [0.2, 0.25) is 0 Å². The summed E-state index contributed by atoms with van der Waals surface area (Å²) in [6.07, 6.45) is 1.02. The van der Waals surface area contributed by atoms with Gasteiger partial charge in [-0.15, -0.1) is 0 Å². The Kier molecular flexibility index (Phi) is 5.33. The van der Waals surface area contributed by atoms with Crippen LogP contribution in [-0.4, -0.2) is 30.1 Å². The van der Waals surface area contributed by atoms with Crippen LogP contribution in [0, 0.1) is 17.6 Å². The first-order valence-electron chi connectivity index (χ1n) is 9.56. The number of carbonyl (C=O) groups is 1. The summed E-state index contributed by atoms with van der Waals surface area (Å²) < 4.78 is 33.1. The predicted molar refractivity (Wildman–Crippen MR) is 105 cm³/mol. The van der Waals surface area contributed by atoms with Gasteiger partial charge < -0.3 is 14.6 Å². The summed E-state index contributed by atoms with van der Waals surface area (Å²) in [5, 5.41) is 2.90. The minimum Gasteiger partial charge on any atom is -0.408 e. The van der Waals surface area contributed by atoms with Gasteiger partial charge in [-0.2, -0.15) is 0 Å². The van der Waals surface area contributed by atoms with E-state index >= 15 is 0 Å². The Hall–Kier alpha value is -3.16. The average molecular weight is 401 g/mol. The number of carbonyl (C=O) groups excluding carboxylic acids is 1. The first kappa shape index (κ1) is 19.2. The molecule has 29 heavy (non-hydrogen) atoms.